The van der Waals surface area contributed by atoms with Gasteiger partial charge in [0.1, 0.15) is 0 Å². The van der Waals surface area contributed by atoms with Crippen molar-refractivity contribution in [2.75, 3.05) is 26.2 Å². The topological polar surface area (TPSA) is 55.6 Å². The largest absolute Gasteiger partial charge is 0.377 e. The lowest BCUT2D eigenvalue weighted by Crippen LogP contribution is -2.53. The number of carbonyl (C=O) groups is 1. The van der Waals surface area contributed by atoms with Crippen molar-refractivity contribution in [3.8, 4) is 0 Å². The molecule has 4 heteroatoms. The van der Waals surface area contributed by atoms with Crippen LogP contribution < -0.4 is 5.73 Å². The van der Waals surface area contributed by atoms with Crippen LogP contribution in [0.4, 0.5) is 0 Å². The Hall–Kier alpha value is -0.610. The molecule has 1 aliphatic heterocycles. The zero-order valence-electron chi connectivity index (χ0n) is 13.1. The molecule has 2 rings (SSSR count). The Bertz CT molecular complexity index is 322. The molecule has 0 aromatic carbocycles. The lowest BCUT2D eigenvalue weighted by molar-refractivity contribution is -0.148. The van der Waals surface area contributed by atoms with Gasteiger partial charge in [-0.15, -0.1) is 0 Å². The van der Waals surface area contributed by atoms with Gasteiger partial charge in [0.15, 0.2) is 0 Å². The number of nitrogens with two attached hydrogens (primary N) is 1. The number of ether oxygens (including phenoxy) is 1. The van der Waals surface area contributed by atoms with Gasteiger partial charge in [-0.3, -0.25) is 4.79 Å². The summed E-state index contributed by atoms with van der Waals surface area (Å²) in [6, 6.07) is 0. The van der Waals surface area contributed by atoms with Gasteiger partial charge < -0.3 is 15.4 Å². The first kappa shape index (κ1) is 15.8. The summed E-state index contributed by atoms with van der Waals surface area (Å²) in [6.45, 7) is 7.14. The smallest absolute Gasteiger partial charge is 0.230 e. The molecule has 1 unspecified atom stereocenters. The van der Waals surface area contributed by atoms with E-state index in [1.54, 1.807) is 0 Å². The van der Waals surface area contributed by atoms with Crippen LogP contribution in [0.15, 0.2) is 0 Å². The molecule has 0 aromatic rings. The van der Waals surface area contributed by atoms with Crippen molar-refractivity contribution in [1.29, 1.82) is 0 Å². The minimum atomic E-state index is -0.291. The summed E-state index contributed by atoms with van der Waals surface area (Å²) in [5.41, 5.74) is 5.71. The van der Waals surface area contributed by atoms with Gasteiger partial charge in [-0.25, -0.2) is 0 Å². The number of carbonyl (C=O) groups excluding carboxylic acids is 1. The van der Waals surface area contributed by atoms with E-state index < -0.39 is 0 Å². The second kappa shape index (κ2) is 6.90. The maximum absolute atomic E-state index is 13.0. The third-order valence-corrected chi connectivity index (χ3v) is 5.14. The minimum absolute atomic E-state index is 0.218. The van der Waals surface area contributed by atoms with Crippen molar-refractivity contribution in [1.82, 2.24) is 4.90 Å². The Kier molecular flexibility index (Phi) is 5.44. The second-order valence-corrected chi connectivity index (χ2v) is 6.64. The third-order valence-electron chi connectivity index (χ3n) is 5.14. The molecule has 20 heavy (non-hydrogen) atoms. The van der Waals surface area contributed by atoms with E-state index in [4.69, 9.17) is 10.5 Å². The Morgan fingerprint density at radius 2 is 2.05 bits per heavy atom. The number of rotatable bonds is 4. The zero-order valence-corrected chi connectivity index (χ0v) is 13.1. The third kappa shape index (κ3) is 3.34. The van der Waals surface area contributed by atoms with Gasteiger partial charge in [0.2, 0.25) is 5.91 Å². The Morgan fingerprint density at radius 1 is 1.35 bits per heavy atom. The summed E-state index contributed by atoms with van der Waals surface area (Å²) in [5, 5.41) is 0. The first-order valence-corrected chi connectivity index (χ1v) is 8.22. The molecule has 2 fully saturated rings. The predicted octanol–water partition coefficient (Wildman–Crippen LogP) is 2.17. The van der Waals surface area contributed by atoms with Gasteiger partial charge in [0.05, 0.1) is 11.5 Å². The van der Waals surface area contributed by atoms with E-state index in [-0.39, 0.29) is 17.4 Å². The summed E-state index contributed by atoms with van der Waals surface area (Å²) in [6.07, 6.45) is 6.52. The molecule has 0 spiro atoms. The van der Waals surface area contributed by atoms with E-state index in [0.717, 1.165) is 64.1 Å². The molecule has 1 atom stereocenters. The van der Waals surface area contributed by atoms with Crippen molar-refractivity contribution >= 4 is 5.91 Å². The maximum Gasteiger partial charge on any atom is 0.230 e. The van der Waals surface area contributed by atoms with Gasteiger partial charge in [0, 0.05) is 26.2 Å². The van der Waals surface area contributed by atoms with Crippen LogP contribution in [0.2, 0.25) is 0 Å². The highest BCUT2D eigenvalue weighted by molar-refractivity contribution is 5.83. The van der Waals surface area contributed by atoms with E-state index in [1.165, 1.54) is 0 Å². The number of likely N-dealkylation sites (tertiary alicyclic amines) is 1. The second-order valence-electron chi connectivity index (χ2n) is 6.64. The number of hydrogen-bond acceptors (Lipinski definition) is 3. The fourth-order valence-corrected chi connectivity index (χ4v) is 3.65. The standard InChI is InChI=1S/C16H30N2O2/c1-3-20-14-5-4-10-18(11-14)15(19)16(12-17)8-6-13(2)7-9-16/h13-14H,3-12,17H2,1-2H3. The van der Waals surface area contributed by atoms with E-state index in [2.05, 4.69) is 6.92 Å². The average Bonchev–Trinajstić information content (AvgIpc) is 2.48. The van der Waals surface area contributed by atoms with E-state index in [1.807, 2.05) is 11.8 Å². The van der Waals surface area contributed by atoms with Crippen molar-refractivity contribution < 1.29 is 9.53 Å². The van der Waals surface area contributed by atoms with E-state index in [0.29, 0.717) is 6.54 Å². The van der Waals surface area contributed by atoms with Crippen LogP contribution in [0.5, 0.6) is 0 Å². The summed E-state index contributed by atoms with van der Waals surface area (Å²) in [5.74, 6) is 1.02. The summed E-state index contributed by atoms with van der Waals surface area (Å²) in [7, 11) is 0. The first-order chi connectivity index (χ1) is 9.61. The van der Waals surface area contributed by atoms with E-state index in [9.17, 15) is 4.79 Å². The van der Waals surface area contributed by atoms with Gasteiger partial charge in [-0.05, 0) is 51.4 Å². The molecule has 2 aliphatic rings. The molecule has 1 saturated carbocycles. The average molecular weight is 282 g/mol. The molecule has 0 bridgehead atoms. The number of piperidine rings is 1. The molecular formula is C16H30N2O2. The molecule has 2 N–H and O–H groups in total. The Morgan fingerprint density at radius 3 is 2.65 bits per heavy atom. The fraction of sp³-hybridized carbons (Fsp3) is 0.938. The molecule has 1 aliphatic carbocycles. The quantitative estimate of drug-likeness (QED) is 0.860. The molecular weight excluding hydrogens is 252 g/mol. The van der Waals surface area contributed by atoms with Crippen LogP contribution in [0, 0.1) is 11.3 Å². The molecule has 4 nitrogen and oxygen atoms in total. The lowest BCUT2D eigenvalue weighted by atomic mass is 9.70. The maximum atomic E-state index is 13.0. The monoisotopic (exact) mass is 282 g/mol. The predicted molar refractivity (Wildman–Crippen MR) is 80.3 cm³/mol. The molecule has 1 amide bonds. The molecule has 1 heterocycles. The molecule has 0 aromatic heterocycles. The van der Waals surface area contributed by atoms with E-state index >= 15 is 0 Å². The first-order valence-electron chi connectivity index (χ1n) is 8.22. The lowest BCUT2D eigenvalue weighted by Gasteiger charge is -2.43. The van der Waals surface area contributed by atoms with Crippen LogP contribution in [0.1, 0.15) is 52.4 Å². The fourth-order valence-electron chi connectivity index (χ4n) is 3.65. The number of amides is 1. The SMILES string of the molecule is CCOC1CCCN(C(=O)C2(CN)CCC(C)CC2)C1. The Balaban J connectivity index is 2.01. The summed E-state index contributed by atoms with van der Waals surface area (Å²) < 4.78 is 5.71. The number of nitrogens with zero attached hydrogens (tertiary/aromatic N) is 1. The van der Waals surface area contributed by atoms with Crippen molar-refractivity contribution in [2.45, 2.75) is 58.5 Å². The normalized spacial score (nSPS) is 35.0. The molecule has 1 saturated heterocycles. The highest BCUT2D eigenvalue weighted by Crippen LogP contribution is 2.40. The highest BCUT2D eigenvalue weighted by atomic mass is 16.5. The van der Waals surface area contributed by atoms with Crippen LogP contribution in [0.3, 0.4) is 0 Å². The number of hydrogen-bond donors (Lipinski definition) is 1. The van der Waals surface area contributed by atoms with Crippen LogP contribution in [-0.2, 0) is 9.53 Å². The van der Waals surface area contributed by atoms with Gasteiger partial charge in [0.25, 0.3) is 0 Å². The summed E-state index contributed by atoms with van der Waals surface area (Å²) >= 11 is 0. The van der Waals surface area contributed by atoms with Crippen molar-refractivity contribution in [2.24, 2.45) is 17.1 Å². The zero-order chi connectivity index (χ0) is 14.6. The van der Waals surface area contributed by atoms with Crippen LogP contribution in [0.25, 0.3) is 0 Å². The highest BCUT2D eigenvalue weighted by Gasteiger charge is 2.43. The molecule has 0 radical (unpaired) electrons. The van der Waals surface area contributed by atoms with Gasteiger partial charge in [-0.2, -0.15) is 0 Å². The summed E-state index contributed by atoms with van der Waals surface area (Å²) in [4.78, 5) is 15.0. The van der Waals surface area contributed by atoms with Crippen molar-refractivity contribution in [3.05, 3.63) is 0 Å². The Labute approximate surface area is 123 Å². The van der Waals surface area contributed by atoms with Crippen molar-refractivity contribution in [3.63, 3.8) is 0 Å². The minimum Gasteiger partial charge on any atom is -0.377 e. The molecule has 116 valence electrons. The van der Waals surface area contributed by atoms with Crippen LogP contribution in [-0.4, -0.2) is 43.2 Å². The van der Waals surface area contributed by atoms with Gasteiger partial charge >= 0.3 is 0 Å². The van der Waals surface area contributed by atoms with Crippen LogP contribution >= 0.6 is 0 Å². The van der Waals surface area contributed by atoms with Gasteiger partial charge in [-0.1, -0.05) is 6.92 Å².